The molecule has 0 bridgehead atoms. The van der Waals surface area contributed by atoms with Crippen LogP contribution in [0.3, 0.4) is 0 Å². The van der Waals surface area contributed by atoms with Gasteiger partial charge in [0.15, 0.2) is 0 Å². The first-order chi connectivity index (χ1) is 10.4. The highest BCUT2D eigenvalue weighted by Crippen LogP contribution is 2.27. The number of nitrogens with one attached hydrogen (secondary N) is 1. The van der Waals surface area contributed by atoms with Crippen LogP contribution in [0.15, 0.2) is 53.6 Å². The van der Waals surface area contributed by atoms with Gasteiger partial charge >= 0.3 is 6.36 Å². The van der Waals surface area contributed by atoms with Gasteiger partial charge in [0.05, 0.1) is 17.2 Å². The lowest BCUT2D eigenvalue weighted by molar-refractivity contribution is -0.274. The van der Waals surface area contributed by atoms with E-state index in [9.17, 15) is 18.0 Å². The van der Waals surface area contributed by atoms with E-state index in [1.807, 2.05) is 0 Å². The Morgan fingerprint density at radius 3 is 2.36 bits per heavy atom. The van der Waals surface area contributed by atoms with E-state index in [0.29, 0.717) is 22.0 Å². The third-order valence-electron chi connectivity index (χ3n) is 3.06. The van der Waals surface area contributed by atoms with Crippen LogP contribution in [-0.4, -0.2) is 16.3 Å². The standard InChI is InChI=1S/C15H9F3N2O2/c16-15(17,18)22-11-4-1-9(2-5-11)10-3-6-13-12(7-10)14(21)20-8-19-13/h1-8H,(H,19,20,21). The highest BCUT2D eigenvalue weighted by Gasteiger charge is 2.30. The zero-order valence-electron chi connectivity index (χ0n) is 11.0. The molecule has 3 rings (SSSR count). The average Bonchev–Trinajstić information content (AvgIpc) is 2.47. The van der Waals surface area contributed by atoms with E-state index < -0.39 is 6.36 Å². The first-order valence-corrected chi connectivity index (χ1v) is 6.26. The monoisotopic (exact) mass is 306 g/mol. The molecule has 0 radical (unpaired) electrons. The van der Waals surface area contributed by atoms with E-state index in [4.69, 9.17) is 0 Å². The van der Waals surface area contributed by atoms with Crippen molar-refractivity contribution >= 4 is 10.9 Å². The predicted octanol–water partition coefficient (Wildman–Crippen LogP) is 3.49. The van der Waals surface area contributed by atoms with E-state index >= 15 is 0 Å². The SMILES string of the molecule is O=c1[nH]cnc2ccc(-c3ccc(OC(F)(F)F)cc3)cc12. The molecule has 0 saturated carbocycles. The molecule has 2 aromatic carbocycles. The Bertz CT molecular complexity index is 870. The molecule has 0 spiro atoms. The third-order valence-corrected chi connectivity index (χ3v) is 3.06. The van der Waals surface area contributed by atoms with Crippen LogP contribution < -0.4 is 10.3 Å². The summed E-state index contributed by atoms with van der Waals surface area (Å²) < 4.78 is 40.2. The maximum atomic E-state index is 12.1. The Balaban J connectivity index is 1.97. The second-order valence-electron chi connectivity index (χ2n) is 4.54. The number of hydrogen-bond acceptors (Lipinski definition) is 3. The van der Waals surface area contributed by atoms with Crippen LogP contribution in [0.2, 0.25) is 0 Å². The van der Waals surface area contributed by atoms with Crippen LogP contribution in [0.5, 0.6) is 5.75 Å². The summed E-state index contributed by atoms with van der Waals surface area (Å²) in [5.41, 5.74) is 1.64. The fourth-order valence-electron chi connectivity index (χ4n) is 2.10. The molecule has 0 unspecified atom stereocenters. The topological polar surface area (TPSA) is 55.0 Å². The van der Waals surface area contributed by atoms with Gasteiger partial charge in [-0.1, -0.05) is 18.2 Å². The molecule has 3 aromatic rings. The number of alkyl halides is 3. The summed E-state index contributed by atoms with van der Waals surface area (Å²) in [6.07, 6.45) is -3.41. The Kier molecular flexibility index (Phi) is 3.32. The molecule has 1 aromatic heterocycles. The number of aromatic nitrogens is 2. The highest BCUT2D eigenvalue weighted by atomic mass is 19.4. The quantitative estimate of drug-likeness (QED) is 0.788. The van der Waals surface area contributed by atoms with Crippen molar-refractivity contribution in [2.45, 2.75) is 6.36 Å². The zero-order chi connectivity index (χ0) is 15.7. The van der Waals surface area contributed by atoms with Gasteiger partial charge in [-0.2, -0.15) is 0 Å². The normalized spacial score (nSPS) is 11.6. The second kappa shape index (κ2) is 5.18. The minimum Gasteiger partial charge on any atom is -0.406 e. The van der Waals surface area contributed by atoms with Crippen LogP contribution >= 0.6 is 0 Å². The van der Waals surface area contributed by atoms with Crippen molar-refractivity contribution in [3.8, 4) is 16.9 Å². The molecule has 0 aliphatic rings. The lowest BCUT2D eigenvalue weighted by Crippen LogP contribution is -2.16. The number of benzene rings is 2. The zero-order valence-corrected chi connectivity index (χ0v) is 11.0. The number of rotatable bonds is 2. The van der Waals surface area contributed by atoms with Gasteiger partial charge in [0.1, 0.15) is 5.75 Å². The summed E-state index contributed by atoms with van der Waals surface area (Å²) in [6.45, 7) is 0. The second-order valence-corrected chi connectivity index (χ2v) is 4.54. The van der Waals surface area contributed by atoms with Crippen LogP contribution in [0.25, 0.3) is 22.0 Å². The van der Waals surface area contributed by atoms with Gasteiger partial charge in [-0.25, -0.2) is 4.98 Å². The lowest BCUT2D eigenvalue weighted by atomic mass is 10.0. The average molecular weight is 306 g/mol. The molecule has 0 saturated heterocycles. The van der Waals surface area contributed by atoms with E-state index in [2.05, 4.69) is 14.7 Å². The van der Waals surface area contributed by atoms with Gasteiger partial charge in [0.2, 0.25) is 0 Å². The van der Waals surface area contributed by atoms with Crippen molar-refractivity contribution in [2.75, 3.05) is 0 Å². The lowest BCUT2D eigenvalue weighted by Gasteiger charge is -2.09. The molecule has 0 aliphatic heterocycles. The van der Waals surface area contributed by atoms with Gasteiger partial charge in [-0.15, -0.1) is 13.2 Å². The summed E-state index contributed by atoms with van der Waals surface area (Å²) in [4.78, 5) is 18.2. The van der Waals surface area contributed by atoms with E-state index in [1.54, 1.807) is 18.2 Å². The molecule has 0 aliphatic carbocycles. The van der Waals surface area contributed by atoms with Gasteiger partial charge < -0.3 is 9.72 Å². The van der Waals surface area contributed by atoms with E-state index in [1.165, 1.54) is 30.6 Å². The number of halogens is 3. The predicted molar refractivity (Wildman–Crippen MR) is 74.5 cm³/mol. The van der Waals surface area contributed by atoms with E-state index in [0.717, 1.165) is 0 Å². The van der Waals surface area contributed by atoms with Crippen molar-refractivity contribution in [1.29, 1.82) is 0 Å². The molecule has 4 nitrogen and oxygen atoms in total. The summed E-state index contributed by atoms with van der Waals surface area (Å²) in [5.74, 6) is -0.295. The van der Waals surface area contributed by atoms with Crippen molar-refractivity contribution in [3.05, 3.63) is 59.1 Å². The molecule has 112 valence electrons. The van der Waals surface area contributed by atoms with Crippen LogP contribution in [0.4, 0.5) is 13.2 Å². The minimum atomic E-state index is -4.72. The van der Waals surface area contributed by atoms with Crippen LogP contribution in [-0.2, 0) is 0 Å². The molecule has 0 fully saturated rings. The Labute approximate surface area is 122 Å². The first-order valence-electron chi connectivity index (χ1n) is 6.26. The maximum Gasteiger partial charge on any atom is 0.573 e. The number of hydrogen-bond donors (Lipinski definition) is 1. The maximum absolute atomic E-state index is 12.1. The smallest absolute Gasteiger partial charge is 0.406 e. The molecule has 1 N–H and O–H groups in total. The summed E-state index contributed by atoms with van der Waals surface area (Å²) >= 11 is 0. The van der Waals surface area contributed by atoms with Crippen molar-refractivity contribution in [2.24, 2.45) is 0 Å². The number of nitrogens with zero attached hydrogens (tertiary/aromatic N) is 1. The molecule has 0 atom stereocenters. The van der Waals surface area contributed by atoms with E-state index in [-0.39, 0.29) is 11.3 Å². The molecule has 0 amide bonds. The highest BCUT2D eigenvalue weighted by molar-refractivity contribution is 5.83. The van der Waals surface area contributed by atoms with Gasteiger partial charge in [0, 0.05) is 0 Å². The van der Waals surface area contributed by atoms with Crippen molar-refractivity contribution in [3.63, 3.8) is 0 Å². The number of fused-ring (bicyclic) bond motifs is 1. The fourth-order valence-corrected chi connectivity index (χ4v) is 2.10. The summed E-state index contributed by atoms with van der Waals surface area (Å²) in [7, 11) is 0. The third kappa shape index (κ3) is 2.93. The Hall–Kier alpha value is -2.83. The van der Waals surface area contributed by atoms with Crippen LogP contribution in [0.1, 0.15) is 0 Å². The number of aromatic amines is 1. The molecule has 22 heavy (non-hydrogen) atoms. The van der Waals surface area contributed by atoms with Gasteiger partial charge in [-0.05, 0) is 35.4 Å². The van der Waals surface area contributed by atoms with Crippen LogP contribution in [0, 0.1) is 0 Å². The van der Waals surface area contributed by atoms with Crippen molar-refractivity contribution in [1.82, 2.24) is 9.97 Å². The molecular formula is C15H9F3N2O2. The molecular weight excluding hydrogens is 297 g/mol. The Morgan fingerprint density at radius 2 is 1.68 bits per heavy atom. The first kappa shape index (κ1) is 14.1. The number of ether oxygens (including phenoxy) is 1. The van der Waals surface area contributed by atoms with Gasteiger partial charge in [0.25, 0.3) is 5.56 Å². The Morgan fingerprint density at radius 1 is 1.00 bits per heavy atom. The number of H-pyrrole nitrogens is 1. The molecule has 7 heteroatoms. The van der Waals surface area contributed by atoms with Gasteiger partial charge in [-0.3, -0.25) is 4.79 Å². The van der Waals surface area contributed by atoms with Crippen molar-refractivity contribution < 1.29 is 17.9 Å². The summed E-state index contributed by atoms with van der Waals surface area (Å²) in [6, 6.07) is 10.5. The molecule has 1 heterocycles. The summed E-state index contributed by atoms with van der Waals surface area (Å²) in [5, 5.41) is 0.413. The fraction of sp³-hybridized carbons (Fsp3) is 0.0667. The minimum absolute atomic E-state index is 0.274. The largest absolute Gasteiger partial charge is 0.573 e.